The van der Waals surface area contributed by atoms with Crippen molar-refractivity contribution in [1.29, 1.82) is 0 Å². The summed E-state index contributed by atoms with van der Waals surface area (Å²) >= 11 is 0. The van der Waals surface area contributed by atoms with Crippen LogP contribution in [0.2, 0.25) is 0 Å². The Balaban J connectivity index is 2.08. The number of methoxy groups -OCH3 is 1. The number of aromatic amines is 1. The summed E-state index contributed by atoms with van der Waals surface area (Å²) in [6.07, 6.45) is 2.15. The van der Waals surface area contributed by atoms with E-state index in [1.54, 1.807) is 7.11 Å². The lowest BCUT2D eigenvalue weighted by Gasteiger charge is -2.30. The molecule has 1 aliphatic heterocycles. The summed E-state index contributed by atoms with van der Waals surface area (Å²) in [4.78, 5) is 6.13. The van der Waals surface area contributed by atoms with Crippen LogP contribution in [0.25, 0.3) is 10.9 Å². The van der Waals surface area contributed by atoms with Crippen molar-refractivity contribution < 1.29 is 4.74 Å². The predicted molar refractivity (Wildman–Crippen MR) is 83.5 cm³/mol. The molecule has 0 fully saturated rings. The topological polar surface area (TPSA) is 28.3 Å². The van der Waals surface area contributed by atoms with E-state index in [0.717, 1.165) is 31.7 Å². The van der Waals surface area contributed by atoms with Gasteiger partial charge in [0.05, 0.1) is 7.11 Å². The Bertz CT molecular complexity index is 627. The molecule has 1 aliphatic rings. The molecule has 108 valence electrons. The summed E-state index contributed by atoms with van der Waals surface area (Å²) in [5.74, 6) is 0.999. The Morgan fingerprint density at radius 3 is 2.80 bits per heavy atom. The highest BCUT2D eigenvalue weighted by Crippen LogP contribution is 2.33. The minimum absolute atomic E-state index is 0.607. The van der Waals surface area contributed by atoms with Gasteiger partial charge in [-0.15, -0.1) is 0 Å². The molecule has 0 atom stereocenters. The Morgan fingerprint density at radius 2 is 2.15 bits per heavy atom. The van der Waals surface area contributed by atoms with Crippen LogP contribution in [0.15, 0.2) is 12.1 Å². The van der Waals surface area contributed by atoms with Crippen molar-refractivity contribution >= 4 is 10.9 Å². The fourth-order valence-corrected chi connectivity index (χ4v) is 3.24. The normalized spacial score (nSPS) is 15.8. The summed E-state index contributed by atoms with van der Waals surface area (Å²) in [7, 11) is 1.75. The van der Waals surface area contributed by atoms with Crippen molar-refractivity contribution in [2.45, 2.75) is 46.2 Å². The van der Waals surface area contributed by atoms with Crippen LogP contribution in [0.5, 0.6) is 5.75 Å². The highest BCUT2D eigenvalue weighted by Gasteiger charge is 2.22. The molecule has 0 radical (unpaired) electrons. The second-order valence-electron chi connectivity index (χ2n) is 5.96. The van der Waals surface area contributed by atoms with E-state index in [2.05, 4.69) is 42.8 Å². The van der Waals surface area contributed by atoms with E-state index in [9.17, 15) is 0 Å². The van der Waals surface area contributed by atoms with Crippen molar-refractivity contribution in [3.05, 3.63) is 29.0 Å². The number of hydrogen-bond acceptors (Lipinski definition) is 2. The molecule has 0 saturated heterocycles. The molecule has 0 unspecified atom stereocenters. The average molecular weight is 272 g/mol. The highest BCUT2D eigenvalue weighted by atomic mass is 16.5. The summed E-state index contributed by atoms with van der Waals surface area (Å²) in [5.41, 5.74) is 5.41. The average Bonchev–Trinajstić information content (AvgIpc) is 2.81. The standard InChI is InChI=1S/C17H24N2O/c1-5-12-8-14-13-6-7-19(11(2)3)10-16(13)18-15(14)9-17(12)20-4/h8-9,11,18H,5-7,10H2,1-4H3. The molecule has 0 saturated carbocycles. The molecular weight excluding hydrogens is 248 g/mol. The van der Waals surface area contributed by atoms with Crippen LogP contribution in [0.3, 0.4) is 0 Å². The zero-order chi connectivity index (χ0) is 14.3. The third kappa shape index (κ3) is 2.10. The van der Waals surface area contributed by atoms with Gasteiger partial charge in [0, 0.05) is 41.8 Å². The molecule has 3 heteroatoms. The number of benzene rings is 1. The van der Waals surface area contributed by atoms with Gasteiger partial charge in [0.2, 0.25) is 0 Å². The number of fused-ring (bicyclic) bond motifs is 3. The van der Waals surface area contributed by atoms with Crippen LogP contribution in [0.4, 0.5) is 0 Å². The SMILES string of the molecule is CCc1cc2c3c([nH]c2cc1OC)CN(C(C)C)CC3. The van der Waals surface area contributed by atoms with Gasteiger partial charge < -0.3 is 9.72 Å². The Morgan fingerprint density at radius 1 is 1.35 bits per heavy atom. The maximum Gasteiger partial charge on any atom is 0.124 e. The molecule has 0 spiro atoms. The predicted octanol–water partition coefficient (Wildman–Crippen LogP) is 3.51. The lowest BCUT2D eigenvalue weighted by molar-refractivity contribution is 0.201. The van der Waals surface area contributed by atoms with Crippen LogP contribution < -0.4 is 4.74 Å². The molecule has 1 N–H and O–H groups in total. The molecule has 0 amide bonds. The number of aryl methyl sites for hydroxylation is 1. The molecule has 2 heterocycles. The maximum atomic E-state index is 5.51. The van der Waals surface area contributed by atoms with E-state index in [1.165, 1.54) is 27.7 Å². The maximum absolute atomic E-state index is 5.51. The molecule has 3 nitrogen and oxygen atoms in total. The van der Waals surface area contributed by atoms with Gasteiger partial charge in [-0.25, -0.2) is 0 Å². The Kier molecular flexibility index (Phi) is 3.47. The lowest BCUT2D eigenvalue weighted by atomic mass is 10.00. The molecule has 1 aromatic carbocycles. The van der Waals surface area contributed by atoms with E-state index in [0.29, 0.717) is 6.04 Å². The third-order valence-electron chi connectivity index (χ3n) is 4.52. The largest absolute Gasteiger partial charge is 0.496 e. The number of aromatic nitrogens is 1. The van der Waals surface area contributed by atoms with Crippen molar-refractivity contribution in [2.75, 3.05) is 13.7 Å². The van der Waals surface area contributed by atoms with Crippen LogP contribution in [0, 0.1) is 0 Å². The molecule has 20 heavy (non-hydrogen) atoms. The van der Waals surface area contributed by atoms with E-state index in [-0.39, 0.29) is 0 Å². The smallest absolute Gasteiger partial charge is 0.124 e. The van der Waals surface area contributed by atoms with E-state index >= 15 is 0 Å². The van der Waals surface area contributed by atoms with Gasteiger partial charge in [-0.3, -0.25) is 4.90 Å². The minimum Gasteiger partial charge on any atom is -0.496 e. The lowest BCUT2D eigenvalue weighted by Crippen LogP contribution is -2.35. The second kappa shape index (κ2) is 5.13. The first kappa shape index (κ1) is 13.5. The van der Waals surface area contributed by atoms with Gasteiger partial charge in [0.15, 0.2) is 0 Å². The van der Waals surface area contributed by atoms with Gasteiger partial charge in [-0.05, 0) is 43.9 Å². The number of ether oxygens (including phenoxy) is 1. The molecule has 0 aliphatic carbocycles. The second-order valence-corrected chi connectivity index (χ2v) is 5.96. The number of nitrogens with one attached hydrogen (secondary N) is 1. The number of nitrogens with zero attached hydrogens (tertiary/aromatic N) is 1. The highest BCUT2D eigenvalue weighted by molar-refractivity contribution is 5.87. The third-order valence-corrected chi connectivity index (χ3v) is 4.52. The fourth-order valence-electron chi connectivity index (χ4n) is 3.24. The van der Waals surface area contributed by atoms with Crippen molar-refractivity contribution in [1.82, 2.24) is 9.88 Å². The van der Waals surface area contributed by atoms with Crippen LogP contribution in [-0.2, 0) is 19.4 Å². The quantitative estimate of drug-likeness (QED) is 0.926. The van der Waals surface area contributed by atoms with Gasteiger partial charge in [-0.2, -0.15) is 0 Å². The number of H-pyrrole nitrogens is 1. The molecule has 3 rings (SSSR count). The molecular formula is C17H24N2O. The van der Waals surface area contributed by atoms with Crippen LogP contribution in [0.1, 0.15) is 37.6 Å². The number of hydrogen-bond donors (Lipinski definition) is 1. The minimum atomic E-state index is 0.607. The monoisotopic (exact) mass is 272 g/mol. The van der Waals surface area contributed by atoms with Crippen LogP contribution in [-0.4, -0.2) is 29.6 Å². The van der Waals surface area contributed by atoms with Gasteiger partial charge in [0.1, 0.15) is 5.75 Å². The van der Waals surface area contributed by atoms with Crippen molar-refractivity contribution in [2.24, 2.45) is 0 Å². The molecule has 2 aromatic rings. The summed E-state index contributed by atoms with van der Waals surface area (Å²) < 4.78 is 5.51. The molecule has 0 bridgehead atoms. The van der Waals surface area contributed by atoms with Gasteiger partial charge >= 0.3 is 0 Å². The first-order valence-corrected chi connectivity index (χ1v) is 7.58. The Labute approximate surface area is 120 Å². The van der Waals surface area contributed by atoms with Gasteiger partial charge in [0.25, 0.3) is 0 Å². The first-order chi connectivity index (χ1) is 9.63. The molecule has 1 aromatic heterocycles. The van der Waals surface area contributed by atoms with E-state index in [1.807, 2.05) is 0 Å². The van der Waals surface area contributed by atoms with Gasteiger partial charge in [-0.1, -0.05) is 6.92 Å². The zero-order valence-corrected chi connectivity index (χ0v) is 12.9. The van der Waals surface area contributed by atoms with Crippen molar-refractivity contribution in [3.63, 3.8) is 0 Å². The van der Waals surface area contributed by atoms with E-state index in [4.69, 9.17) is 4.74 Å². The zero-order valence-electron chi connectivity index (χ0n) is 12.9. The fraction of sp³-hybridized carbons (Fsp3) is 0.529. The first-order valence-electron chi connectivity index (χ1n) is 7.58. The van der Waals surface area contributed by atoms with Crippen molar-refractivity contribution in [3.8, 4) is 5.75 Å². The van der Waals surface area contributed by atoms with E-state index < -0.39 is 0 Å². The van der Waals surface area contributed by atoms with Crippen LogP contribution >= 0.6 is 0 Å². The Hall–Kier alpha value is -1.48. The summed E-state index contributed by atoms with van der Waals surface area (Å²) in [6, 6.07) is 5.08. The summed E-state index contributed by atoms with van der Waals surface area (Å²) in [6.45, 7) is 8.91. The number of rotatable bonds is 3. The summed E-state index contributed by atoms with van der Waals surface area (Å²) in [5, 5.41) is 1.39.